The predicted octanol–water partition coefficient (Wildman–Crippen LogP) is 1.45. The van der Waals surface area contributed by atoms with Crippen molar-refractivity contribution in [2.75, 3.05) is 21.2 Å². The fraction of sp³-hybridized carbons (Fsp3) is 0.310. The van der Waals surface area contributed by atoms with Gasteiger partial charge in [0.1, 0.15) is 28.6 Å². The minimum Gasteiger partial charge on any atom is -0.508 e. The van der Waals surface area contributed by atoms with Crippen LogP contribution in [0.2, 0.25) is 0 Å². The smallest absolute Gasteiger partial charge is 0.255 e. The van der Waals surface area contributed by atoms with Crippen molar-refractivity contribution in [2.45, 2.75) is 24.5 Å². The number of phenolic OH excluding ortho intramolecular Hbond substituents is 1. The van der Waals surface area contributed by atoms with Crippen LogP contribution in [0.4, 0.5) is 0 Å². The number of rotatable bonds is 5. The molecule has 5 rings (SSSR count). The van der Waals surface area contributed by atoms with Gasteiger partial charge < -0.3 is 30.9 Å². The highest BCUT2D eigenvalue weighted by atomic mass is 16.5. The standard InChI is InChI=1S/C29H28N2O9/c1-31(2)23-17-10-13-9-16-15(12-4-7-19(40-3)14(8-12)11-32)5-6-18(33)21(16)24(34)20(13)26(36)29(17,39)27(37)22(25(23)35)28(30)38/h4-8,11,13,17,23,33-34,37,39H,9-10H2,1-3H3,(H2,30,38)/t13-,17-,23-,29-/m0/s1. The second-order valence-corrected chi connectivity index (χ2v) is 10.5. The first-order chi connectivity index (χ1) is 18.9. The summed E-state index contributed by atoms with van der Waals surface area (Å²) in [7, 11) is 4.52. The number of amides is 1. The van der Waals surface area contributed by atoms with E-state index < -0.39 is 58.0 Å². The summed E-state index contributed by atoms with van der Waals surface area (Å²) in [5.41, 5.74) is 3.48. The van der Waals surface area contributed by atoms with E-state index in [1.54, 1.807) is 24.3 Å². The molecule has 0 bridgehead atoms. The van der Waals surface area contributed by atoms with Crippen LogP contribution in [-0.2, 0) is 20.8 Å². The van der Waals surface area contributed by atoms with E-state index in [1.165, 1.54) is 32.2 Å². The van der Waals surface area contributed by atoms with Gasteiger partial charge in [0.05, 0.1) is 24.3 Å². The molecule has 1 saturated carbocycles. The lowest BCUT2D eigenvalue weighted by atomic mass is 9.57. The summed E-state index contributed by atoms with van der Waals surface area (Å²) in [5.74, 6) is -6.75. The Morgan fingerprint density at radius 2 is 1.85 bits per heavy atom. The van der Waals surface area contributed by atoms with Crippen molar-refractivity contribution in [3.63, 3.8) is 0 Å². The van der Waals surface area contributed by atoms with Crippen molar-refractivity contribution < 1.29 is 44.3 Å². The number of aliphatic hydroxyl groups is 3. The van der Waals surface area contributed by atoms with Crippen LogP contribution >= 0.6 is 0 Å². The number of nitrogens with zero attached hydrogens (tertiary/aromatic N) is 1. The van der Waals surface area contributed by atoms with E-state index in [4.69, 9.17) is 10.5 Å². The molecule has 0 radical (unpaired) electrons. The number of fused-ring (bicyclic) bond motifs is 3. The van der Waals surface area contributed by atoms with E-state index >= 15 is 0 Å². The summed E-state index contributed by atoms with van der Waals surface area (Å²) >= 11 is 0. The maximum atomic E-state index is 13.9. The maximum Gasteiger partial charge on any atom is 0.255 e. The average molecular weight is 549 g/mol. The van der Waals surface area contributed by atoms with Gasteiger partial charge in [-0.1, -0.05) is 12.1 Å². The van der Waals surface area contributed by atoms with Gasteiger partial charge in [0.25, 0.3) is 5.91 Å². The Labute approximate surface area is 228 Å². The molecule has 1 amide bonds. The second kappa shape index (κ2) is 9.32. The zero-order valence-electron chi connectivity index (χ0n) is 22.0. The molecule has 0 spiro atoms. The molecule has 2 aromatic rings. The molecule has 0 saturated heterocycles. The topological polar surface area (TPSA) is 188 Å². The highest BCUT2D eigenvalue weighted by Gasteiger charge is 2.64. The molecule has 3 aliphatic rings. The van der Waals surface area contributed by atoms with E-state index in [-0.39, 0.29) is 35.3 Å². The number of likely N-dealkylation sites (N-methyl/N-ethyl adjacent to an activating group) is 1. The summed E-state index contributed by atoms with van der Waals surface area (Å²) in [6.07, 6.45) is 0.747. The number of primary amides is 1. The van der Waals surface area contributed by atoms with Crippen LogP contribution in [0.5, 0.6) is 11.5 Å². The highest BCUT2D eigenvalue weighted by Crippen LogP contribution is 2.53. The van der Waals surface area contributed by atoms with Crippen LogP contribution in [0.1, 0.15) is 27.9 Å². The van der Waals surface area contributed by atoms with Crippen molar-refractivity contribution in [3.05, 3.63) is 63.9 Å². The fourth-order valence-corrected chi connectivity index (χ4v) is 6.51. The van der Waals surface area contributed by atoms with Crippen molar-refractivity contribution in [1.82, 2.24) is 4.90 Å². The maximum absolute atomic E-state index is 13.9. The summed E-state index contributed by atoms with van der Waals surface area (Å²) in [4.78, 5) is 52.3. The minimum atomic E-state index is -2.70. The molecule has 3 aliphatic carbocycles. The SMILES string of the molecule is COc1ccc(-c2ccc(O)c3c2C[C@H]2C[C@H]4[C@H](N(C)C)C(=O)C(C(N)=O)=C(O)[C@@]4(O)C(=O)C2=C3O)cc1C=O. The molecule has 4 atom stereocenters. The predicted molar refractivity (Wildman–Crippen MR) is 142 cm³/mol. The molecule has 11 heteroatoms. The number of carbonyl (C=O) groups excluding carboxylic acids is 4. The number of benzene rings is 2. The molecule has 0 aliphatic heterocycles. The van der Waals surface area contributed by atoms with Gasteiger partial charge >= 0.3 is 0 Å². The summed E-state index contributed by atoms with van der Waals surface area (Å²) < 4.78 is 5.22. The van der Waals surface area contributed by atoms with E-state index in [0.29, 0.717) is 28.7 Å². The van der Waals surface area contributed by atoms with E-state index in [1.807, 2.05) is 0 Å². The molecule has 0 unspecified atom stereocenters. The summed E-state index contributed by atoms with van der Waals surface area (Å²) in [5, 5.41) is 44.8. The Kier molecular flexibility index (Phi) is 6.31. The number of aliphatic hydroxyl groups excluding tert-OH is 2. The van der Waals surface area contributed by atoms with Crippen LogP contribution in [0.15, 0.2) is 47.2 Å². The van der Waals surface area contributed by atoms with E-state index in [9.17, 15) is 39.6 Å². The number of hydrogen-bond donors (Lipinski definition) is 5. The zero-order chi connectivity index (χ0) is 29.3. The summed E-state index contributed by atoms with van der Waals surface area (Å²) in [6, 6.07) is 6.74. The number of aromatic hydroxyl groups is 1. The Morgan fingerprint density at radius 3 is 2.45 bits per heavy atom. The van der Waals surface area contributed by atoms with Crippen molar-refractivity contribution in [3.8, 4) is 22.6 Å². The van der Waals surface area contributed by atoms with E-state index in [2.05, 4.69) is 0 Å². The zero-order valence-corrected chi connectivity index (χ0v) is 22.0. The first kappa shape index (κ1) is 27.1. The van der Waals surface area contributed by atoms with Crippen LogP contribution in [-0.4, -0.2) is 81.9 Å². The number of Topliss-reactive ketones (excluding diaryl/α,β-unsaturated/α-hetero) is 2. The number of aldehydes is 1. The lowest BCUT2D eigenvalue weighted by Crippen LogP contribution is -2.65. The molecule has 11 nitrogen and oxygen atoms in total. The van der Waals surface area contributed by atoms with Crippen molar-refractivity contribution in [2.24, 2.45) is 17.6 Å². The van der Waals surface area contributed by atoms with Crippen LogP contribution in [0.3, 0.4) is 0 Å². The van der Waals surface area contributed by atoms with Gasteiger partial charge in [-0.25, -0.2) is 0 Å². The molecule has 208 valence electrons. The van der Waals surface area contributed by atoms with Gasteiger partial charge in [-0.3, -0.25) is 24.1 Å². The Morgan fingerprint density at radius 1 is 1.15 bits per heavy atom. The number of nitrogens with two attached hydrogens (primary N) is 1. The van der Waals surface area contributed by atoms with Gasteiger partial charge in [-0.05, 0) is 67.7 Å². The number of ether oxygens (including phenoxy) is 1. The molecule has 6 N–H and O–H groups in total. The Bertz CT molecular complexity index is 1570. The third kappa shape index (κ3) is 3.58. The summed E-state index contributed by atoms with van der Waals surface area (Å²) in [6.45, 7) is 0. The third-order valence-electron chi connectivity index (χ3n) is 8.27. The van der Waals surface area contributed by atoms with Crippen LogP contribution < -0.4 is 10.5 Å². The molecule has 40 heavy (non-hydrogen) atoms. The normalized spacial score (nSPS) is 25.9. The average Bonchev–Trinajstić information content (AvgIpc) is 2.90. The monoisotopic (exact) mass is 548 g/mol. The number of phenols is 1. The molecule has 1 fully saturated rings. The molecular formula is C29H28N2O9. The largest absolute Gasteiger partial charge is 0.508 e. The van der Waals surface area contributed by atoms with Gasteiger partial charge in [-0.15, -0.1) is 0 Å². The molecular weight excluding hydrogens is 520 g/mol. The van der Waals surface area contributed by atoms with Gasteiger partial charge in [0.2, 0.25) is 5.78 Å². The quantitative estimate of drug-likeness (QED) is 0.270. The number of carbonyl (C=O) groups is 4. The van der Waals surface area contributed by atoms with Gasteiger partial charge in [-0.2, -0.15) is 0 Å². The van der Waals surface area contributed by atoms with Gasteiger partial charge in [0.15, 0.2) is 17.7 Å². The Balaban J connectivity index is 1.73. The lowest BCUT2D eigenvalue weighted by Gasteiger charge is -2.50. The first-order valence-corrected chi connectivity index (χ1v) is 12.5. The minimum absolute atomic E-state index is 0.0247. The first-order valence-electron chi connectivity index (χ1n) is 12.5. The highest BCUT2D eigenvalue weighted by molar-refractivity contribution is 6.24. The fourth-order valence-electron chi connectivity index (χ4n) is 6.51. The number of methoxy groups -OCH3 is 1. The van der Waals surface area contributed by atoms with Crippen molar-refractivity contribution in [1.29, 1.82) is 0 Å². The van der Waals surface area contributed by atoms with Crippen LogP contribution in [0.25, 0.3) is 16.9 Å². The number of ketones is 2. The van der Waals surface area contributed by atoms with Crippen LogP contribution in [0, 0.1) is 11.8 Å². The van der Waals surface area contributed by atoms with Crippen molar-refractivity contribution >= 4 is 29.5 Å². The van der Waals surface area contributed by atoms with E-state index in [0.717, 1.165) is 0 Å². The lowest BCUT2D eigenvalue weighted by molar-refractivity contribution is -0.153. The molecule has 2 aromatic carbocycles. The number of hydrogen-bond acceptors (Lipinski definition) is 10. The Hall–Kier alpha value is -4.48. The molecule has 0 aromatic heterocycles. The third-order valence-corrected chi connectivity index (χ3v) is 8.27. The molecule has 0 heterocycles. The second-order valence-electron chi connectivity index (χ2n) is 10.5. The van der Waals surface area contributed by atoms with Gasteiger partial charge in [0, 0.05) is 11.5 Å².